The van der Waals surface area contributed by atoms with Crippen LogP contribution in [0.5, 0.6) is 5.75 Å². The summed E-state index contributed by atoms with van der Waals surface area (Å²) in [6.45, 7) is 0.575. The lowest BCUT2D eigenvalue weighted by atomic mass is 10.1. The Morgan fingerprint density at radius 3 is 2.94 bits per heavy atom. The molecule has 0 atom stereocenters. The van der Waals surface area contributed by atoms with Crippen LogP contribution >= 0.6 is 0 Å². The molecule has 0 saturated heterocycles. The lowest BCUT2D eigenvalue weighted by Gasteiger charge is -2.09. The average molecular weight is 218 g/mol. The van der Waals surface area contributed by atoms with Crippen LogP contribution in [0.15, 0.2) is 30.5 Å². The van der Waals surface area contributed by atoms with E-state index in [0.717, 1.165) is 22.3 Å². The molecule has 1 aromatic carbocycles. The standard InChI is InChI=1S/C12H14N2O2/c1-16-11-4-2-3-10-9(11)5-6-13-12(10)14-7-8-15/h2-6,15H,7-8H2,1H3,(H,13,14). The number of fused-ring (bicyclic) bond motifs is 1. The van der Waals surface area contributed by atoms with Crippen molar-refractivity contribution in [3.05, 3.63) is 30.5 Å². The van der Waals surface area contributed by atoms with Gasteiger partial charge in [-0.1, -0.05) is 12.1 Å². The first-order chi connectivity index (χ1) is 7.86. The third-order valence-corrected chi connectivity index (χ3v) is 2.39. The SMILES string of the molecule is COc1cccc2c(NCCO)nccc12. The molecule has 4 nitrogen and oxygen atoms in total. The summed E-state index contributed by atoms with van der Waals surface area (Å²) in [5, 5.41) is 13.9. The fraction of sp³-hybridized carbons (Fsp3) is 0.250. The second-order valence-electron chi connectivity index (χ2n) is 3.37. The first-order valence-corrected chi connectivity index (χ1v) is 5.13. The molecule has 16 heavy (non-hydrogen) atoms. The van der Waals surface area contributed by atoms with Crippen molar-refractivity contribution < 1.29 is 9.84 Å². The van der Waals surface area contributed by atoms with Gasteiger partial charge in [-0.15, -0.1) is 0 Å². The third-order valence-electron chi connectivity index (χ3n) is 2.39. The van der Waals surface area contributed by atoms with E-state index in [1.54, 1.807) is 13.3 Å². The largest absolute Gasteiger partial charge is 0.496 e. The van der Waals surface area contributed by atoms with Gasteiger partial charge in [-0.05, 0) is 12.1 Å². The summed E-state index contributed by atoms with van der Waals surface area (Å²) in [6, 6.07) is 7.73. The van der Waals surface area contributed by atoms with Crippen molar-refractivity contribution in [1.29, 1.82) is 0 Å². The number of pyridine rings is 1. The molecule has 0 unspecified atom stereocenters. The van der Waals surface area contributed by atoms with Gasteiger partial charge in [0.05, 0.1) is 13.7 Å². The van der Waals surface area contributed by atoms with Crippen LogP contribution in [0.3, 0.4) is 0 Å². The van der Waals surface area contributed by atoms with Crippen molar-refractivity contribution in [1.82, 2.24) is 4.98 Å². The van der Waals surface area contributed by atoms with Crippen LogP contribution in [0.1, 0.15) is 0 Å². The second kappa shape index (κ2) is 4.81. The molecule has 2 rings (SSSR count). The number of aliphatic hydroxyl groups is 1. The molecule has 0 bridgehead atoms. The Labute approximate surface area is 93.9 Å². The Hall–Kier alpha value is -1.81. The maximum absolute atomic E-state index is 8.79. The number of benzene rings is 1. The summed E-state index contributed by atoms with van der Waals surface area (Å²) in [4.78, 5) is 4.24. The monoisotopic (exact) mass is 218 g/mol. The van der Waals surface area contributed by atoms with Gasteiger partial charge in [-0.2, -0.15) is 0 Å². The highest BCUT2D eigenvalue weighted by atomic mass is 16.5. The minimum atomic E-state index is 0.0854. The lowest BCUT2D eigenvalue weighted by molar-refractivity contribution is 0.311. The lowest BCUT2D eigenvalue weighted by Crippen LogP contribution is -2.07. The fourth-order valence-electron chi connectivity index (χ4n) is 1.67. The molecule has 2 aromatic rings. The summed E-state index contributed by atoms with van der Waals surface area (Å²) >= 11 is 0. The van der Waals surface area contributed by atoms with Gasteiger partial charge in [-0.3, -0.25) is 0 Å². The van der Waals surface area contributed by atoms with Gasteiger partial charge in [0.15, 0.2) is 0 Å². The van der Waals surface area contributed by atoms with E-state index in [1.807, 2.05) is 24.3 Å². The maximum atomic E-state index is 8.79. The first kappa shape index (κ1) is 10.7. The summed E-state index contributed by atoms with van der Waals surface area (Å²) in [5.74, 6) is 1.59. The van der Waals surface area contributed by atoms with E-state index in [9.17, 15) is 0 Å². The smallest absolute Gasteiger partial charge is 0.134 e. The molecule has 1 aromatic heterocycles. The minimum Gasteiger partial charge on any atom is -0.496 e. The van der Waals surface area contributed by atoms with Crippen molar-refractivity contribution in [3.63, 3.8) is 0 Å². The molecule has 0 aliphatic carbocycles. The third kappa shape index (κ3) is 1.92. The van der Waals surface area contributed by atoms with Crippen LogP contribution < -0.4 is 10.1 Å². The molecule has 2 N–H and O–H groups in total. The van der Waals surface area contributed by atoms with Crippen molar-refractivity contribution >= 4 is 16.6 Å². The molecular formula is C12H14N2O2. The summed E-state index contributed by atoms with van der Waals surface area (Å²) in [6.07, 6.45) is 1.73. The van der Waals surface area contributed by atoms with E-state index in [2.05, 4.69) is 10.3 Å². The van der Waals surface area contributed by atoms with E-state index >= 15 is 0 Å². The zero-order valence-electron chi connectivity index (χ0n) is 9.10. The van der Waals surface area contributed by atoms with Gasteiger partial charge in [0.1, 0.15) is 11.6 Å². The number of nitrogens with one attached hydrogen (secondary N) is 1. The first-order valence-electron chi connectivity index (χ1n) is 5.13. The molecule has 0 radical (unpaired) electrons. The Balaban J connectivity index is 2.51. The molecule has 0 aliphatic rings. The van der Waals surface area contributed by atoms with E-state index < -0.39 is 0 Å². The van der Waals surface area contributed by atoms with Crippen LogP contribution in [0, 0.1) is 0 Å². The molecule has 0 spiro atoms. The molecular weight excluding hydrogens is 204 g/mol. The van der Waals surface area contributed by atoms with Crippen LogP contribution in [0.4, 0.5) is 5.82 Å². The van der Waals surface area contributed by atoms with Gasteiger partial charge in [0, 0.05) is 23.5 Å². The van der Waals surface area contributed by atoms with Crippen LogP contribution in [0.2, 0.25) is 0 Å². The van der Waals surface area contributed by atoms with E-state index in [0.29, 0.717) is 6.54 Å². The van der Waals surface area contributed by atoms with Gasteiger partial charge in [-0.25, -0.2) is 4.98 Å². The van der Waals surface area contributed by atoms with Crippen molar-refractivity contribution in [3.8, 4) is 5.75 Å². The van der Waals surface area contributed by atoms with Crippen LogP contribution in [-0.4, -0.2) is 30.4 Å². The zero-order chi connectivity index (χ0) is 11.4. The molecule has 0 saturated carbocycles. The van der Waals surface area contributed by atoms with Crippen molar-refractivity contribution in [2.45, 2.75) is 0 Å². The van der Waals surface area contributed by atoms with Crippen molar-refractivity contribution in [2.24, 2.45) is 0 Å². The predicted octanol–water partition coefficient (Wildman–Crippen LogP) is 1.65. The summed E-state index contributed by atoms with van der Waals surface area (Å²) in [5.41, 5.74) is 0. The van der Waals surface area contributed by atoms with E-state index in [1.165, 1.54) is 0 Å². The fourth-order valence-corrected chi connectivity index (χ4v) is 1.67. The highest BCUT2D eigenvalue weighted by molar-refractivity contribution is 5.95. The predicted molar refractivity (Wildman–Crippen MR) is 63.9 cm³/mol. The molecule has 4 heteroatoms. The number of aliphatic hydroxyl groups excluding tert-OH is 1. The maximum Gasteiger partial charge on any atom is 0.134 e. The number of rotatable bonds is 4. The van der Waals surface area contributed by atoms with Gasteiger partial charge in [0.2, 0.25) is 0 Å². The molecule has 0 fully saturated rings. The summed E-state index contributed by atoms with van der Waals surface area (Å²) < 4.78 is 5.28. The Kier molecular flexibility index (Phi) is 3.22. The number of anilines is 1. The quantitative estimate of drug-likeness (QED) is 0.819. The number of nitrogens with zero attached hydrogens (tertiary/aromatic N) is 1. The Morgan fingerprint density at radius 1 is 1.31 bits per heavy atom. The Bertz CT molecular complexity index is 485. The molecule has 0 aliphatic heterocycles. The highest BCUT2D eigenvalue weighted by Gasteiger charge is 2.05. The second-order valence-corrected chi connectivity index (χ2v) is 3.37. The normalized spacial score (nSPS) is 10.4. The number of aromatic nitrogens is 1. The van der Waals surface area contributed by atoms with E-state index in [-0.39, 0.29) is 6.61 Å². The zero-order valence-corrected chi connectivity index (χ0v) is 9.10. The van der Waals surface area contributed by atoms with Gasteiger partial charge >= 0.3 is 0 Å². The number of ether oxygens (including phenoxy) is 1. The van der Waals surface area contributed by atoms with Crippen LogP contribution in [0.25, 0.3) is 10.8 Å². The van der Waals surface area contributed by atoms with Crippen molar-refractivity contribution in [2.75, 3.05) is 25.6 Å². The van der Waals surface area contributed by atoms with Gasteiger partial charge < -0.3 is 15.2 Å². The Morgan fingerprint density at radius 2 is 2.19 bits per heavy atom. The molecule has 0 amide bonds. The highest BCUT2D eigenvalue weighted by Crippen LogP contribution is 2.28. The molecule has 84 valence electrons. The van der Waals surface area contributed by atoms with Crippen LogP contribution in [-0.2, 0) is 0 Å². The van der Waals surface area contributed by atoms with Gasteiger partial charge in [0.25, 0.3) is 0 Å². The summed E-state index contributed by atoms with van der Waals surface area (Å²) in [7, 11) is 1.65. The molecule has 1 heterocycles. The topological polar surface area (TPSA) is 54.4 Å². The minimum absolute atomic E-state index is 0.0854. The number of hydrogen-bond acceptors (Lipinski definition) is 4. The number of hydrogen-bond donors (Lipinski definition) is 2. The van der Waals surface area contributed by atoms with E-state index in [4.69, 9.17) is 9.84 Å². The average Bonchev–Trinajstić information content (AvgIpc) is 2.35. The number of methoxy groups -OCH3 is 1.